The first kappa shape index (κ1) is 13.7. The molecular weight excluding hydrogens is 260 g/mol. The summed E-state index contributed by atoms with van der Waals surface area (Å²) in [5, 5.41) is 0. The maximum Gasteiger partial charge on any atom is 0.216 e. The molecule has 5 heteroatoms. The molecule has 0 unspecified atom stereocenters. The number of pyridine rings is 1. The molecule has 2 rings (SSSR count). The van der Waals surface area contributed by atoms with Crippen LogP contribution in [0.3, 0.4) is 0 Å². The van der Waals surface area contributed by atoms with Crippen molar-refractivity contribution in [1.29, 1.82) is 0 Å². The first-order valence-corrected chi connectivity index (χ1v) is 7.64. The molecule has 0 radical (unpaired) electrons. The number of rotatable bonds is 5. The summed E-state index contributed by atoms with van der Waals surface area (Å²) in [5.74, 6) is -0.00743. The molecule has 0 spiro atoms. The number of aryl methyl sites for hydroxylation is 1. The van der Waals surface area contributed by atoms with E-state index in [0.29, 0.717) is 5.69 Å². The van der Waals surface area contributed by atoms with Crippen LogP contribution in [-0.4, -0.2) is 13.4 Å². The van der Waals surface area contributed by atoms with Crippen molar-refractivity contribution in [3.05, 3.63) is 65.5 Å². The monoisotopic (exact) mass is 276 g/mol. The van der Waals surface area contributed by atoms with Crippen LogP contribution in [0.1, 0.15) is 16.8 Å². The van der Waals surface area contributed by atoms with Crippen LogP contribution in [0.5, 0.6) is 0 Å². The zero-order chi connectivity index (χ0) is 13.7. The van der Waals surface area contributed by atoms with Gasteiger partial charge in [-0.3, -0.25) is 4.98 Å². The van der Waals surface area contributed by atoms with Gasteiger partial charge in [-0.25, -0.2) is 13.1 Å². The van der Waals surface area contributed by atoms with Crippen LogP contribution in [0, 0.1) is 6.92 Å². The molecule has 0 aliphatic heterocycles. The molecule has 0 bridgehead atoms. The van der Waals surface area contributed by atoms with E-state index in [0.717, 1.165) is 11.1 Å². The summed E-state index contributed by atoms with van der Waals surface area (Å²) in [6, 6.07) is 12.9. The molecule has 0 saturated carbocycles. The molecule has 1 aromatic carbocycles. The van der Waals surface area contributed by atoms with Crippen molar-refractivity contribution in [1.82, 2.24) is 9.71 Å². The van der Waals surface area contributed by atoms with E-state index >= 15 is 0 Å². The SMILES string of the molecule is Cc1ccccc1CS(=O)(=O)NCc1ccccn1. The van der Waals surface area contributed by atoms with E-state index in [1.165, 1.54) is 0 Å². The largest absolute Gasteiger partial charge is 0.260 e. The number of aromatic nitrogens is 1. The Labute approximate surface area is 113 Å². The third kappa shape index (κ3) is 4.15. The topological polar surface area (TPSA) is 59.1 Å². The molecule has 1 heterocycles. The van der Waals surface area contributed by atoms with Crippen molar-refractivity contribution in [3.63, 3.8) is 0 Å². The Morgan fingerprint density at radius 2 is 1.84 bits per heavy atom. The van der Waals surface area contributed by atoms with E-state index in [1.807, 2.05) is 37.3 Å². The molecule has 0 aliphatic carbocycles. The van der Waals surface area contributed by atoms with Crippen LogP contribution >= 0.6 is 0 Å². The highest BCUT2D eigenvalue weighted by Gasteiger charge is 2.12. The van der Waals surface area contributed by atoms with Crippen LogP contribution in [0.25, 0.3) is 0 Å². The molecule has 0 atom stereocenters. The lowest BCUT2D eigenvalue weighted by Gasteiger charge is -2.08. The Morgan fingerprint density at radius 1 is 1.11 bits per heavy atom. The first-order chi connectivity index (χ1) is 9.07. The van der Waals surface area contributed by atoms with Gasteiger partial charge in [0.05, 0.1) is 18.0 Å². The summed E-state index contributed by atoms with van der Waals surface area (Å²) in [4.78, 5) is 4.08. The van der Waals surface area contributed by atoms with Gasteiger partial charge in [0, 0.05) is 6.20 Å². The fraction of sp³-hybridized carbons (Fsp3) is 0.214. The second-order valence-corrected chi connectivity index (χ2v) is 6.13. The minimum Gasteiger partial charge on any atom is -0.260 e. The molecule has 19 heavy (non-hydrogen) atoms. The summed E-state index contributed by atoms with van der Waals surface area (Å²) in [5.41, 5.74) is 2.50. The number of nitrogens with zero attached hydrogens (tertiary/aromatic N) is 1. The highest BCUT2D eigenvalue weighted by atomic mass is 32.2. The van der Waals surface area contributed by atoms with Gasteiger partial charge in [0.15, 0.2) is 0 Å². The molecule has 1 aromatic heterocycles. The maximum atomic E-state index is 12.0. The average molecular weight is 276 g/mol. The number of sulfonamides is 1. The van der Waals surface area contributed by atoms with E-state index in [4.69, 9.17) is 0 Å². The minimum atomic E-state index is -3.35. The van der Waals surface area contributed by atoms with E-state index in [-0.39, 0.29) is 12.3 Å². The fourth-order valence-corrected chi connectivity index (χ4v) is 2.92. The van der Waals surface area contributed by atoms with Crippen LogP contribution in [0.2, 0.25) is 0 Å². The molecule has 4 nitrogen and oxygen atoms in total. The highest BCUT2D eigenvalue weighted by Crippen LogP contribution is 2.10. The van der Waals surface area contributed by atoms with E-state index in [9.17, 15) is 8.42 Å². The Hall–Kier alpha value is -1.72. The predicted octanol–water partition coefficient (Wildman–Crippen LogP) is 2.01. The minimum absolute atomic E-state index is 0.00743. The second kappa shape index (κ2) is 5.95. The van der Waals surface area contributed by atoms with Gasteiger partial charge in [0.2, 0.25) is 10.0 Å². The molecule has 0 amide bonds. The van der Waals surface area contributed by atoms with Crippen molar-refractivity contribution in [2.75, 3.05) is 0 Å². The number of hydrogen-bond acceptors (Lipinski definition) is 3. The Balaban J connectivity index is 2.02. The van der Waals surface area contributed by atoms with Crippen molar-refractivity contribution < 1.29 is 8.42 Å². The zero-order valence-electron chi connectivity index (χ0n) is 10.7. The molecule has 100 valence electrons. The molecule has 0 fully saturated rings. The second-order valence-electron chi connectivity index (χ2n) is 4.33. The summed E-state index contributed by atoms with van der Waals surface area (Å²) < 4.78 is 26.5. The third-order valence-electron chi connectivity index (χ3n) is 2.81. The summed E-state index contributed by atoms with van der Waals surface area (Å²) in [6.07, 6.45) is 1.64. The van der Waals surface area contributed by atoms with Crippen molar-refractivity contribution >= 4 is 10.0 Å². The van der Waals surface area contributed by atoms with Gasteiger partial charge in [-0.1, -0.05) is 30.3 Å². The molecule has 0 aliphatic rings. The number of benzene rings is 1. The standard InChI is InChI=1S/C14H16N2O2S/c1-12-6-2-3-7-13(12)11-19(17,18)16-10-14-8-4-5-9-15-14/h2-9,16H,10-11H2,1H3. The summed E-state index contributed by atoms with van der Waals surface area (Å²) in [7, 11) is -3.35. The lowest BCUT2D eigenvalue weighted by Crippen LogP contribution is -2.25. The smallest absolute Gasteiger partial charge is 0.216 e. The quantitative estimate of drug-likeness (QED) is 0.908. The highest BCUT2D eigenvalue weighted by molar-refractivity contribution is 7.88. The van der Waals surface area contributed by atoms with E-state index in [2.05, 4.69) is 9.71 Å². The lowest BCUT2D eigenvalue weighted by atomic mass is 10.1. The van der Waals surface area contributed by atoms with Crippen LogP contribution in [0.15, 0.2) is 48.7 Å². The van der Waals surface area contributed by atoms with Gasteiger partial charge in [0.25, 0.3) is 0 Å². The van der Waals surface area contributed by atoms with E-state index in [1.54, 1.807) is 18.3 Å². The van der Waals surface area contributed by atoms with Gasteiger partial charge < -0.3 is 0 Å². The van der Waals surface area contributed by atoms with Crippen molar-refractivity contribution in [2.24, 2.45) is 0 Å². The molecule has 1 N–H and O–H groups in total. The van der Waals surface area contributed by atoms with Crippen molar-refractivity contribution in [2.45, 2.75) is 19.2 Å². The van der Waals surface area contributed by atoms with Gasteiger partial charge in [0.1, 0.15) is 0 Å². The van der Waals surface area contributed by atoms with Gasteiger partial charge in [-0.15, -0.1) is 0 Å². The Kier molecular flexibility index (Phi) is 4.29. The number of hydrogen-bond donors (Lipinski definition) is 1. The van der Waals surface area contributed by atoms with Crippen LogP contribution < -0.4 is 4.72 Å². The molecule has 2 aromatic rings. The summed E-state index contributed by atoms with van der Waals surface area (Å²) >= 11 is 0. The Morgan fingerprint density at radius 3 is 2.53 bits per heavy atom. The normalized spacial score (nSPS) is 11.4. The third-order valence-corrected chi connectivity index (χ3v) is 4.08. The van der Waals surface area contributed by atoms with Gasteiger partial charge in [-0.2, -0.15) is 0 Å². The predicted molar refractivity (Wildman–Crippen MR) is 74.9 cm³/mol. The van der Waals surface area contributed by atoms with Crippen LogP contribution in [-0.2, 0) is 22.3 Å². The average Bonchev–Trinajstić information content (AvgIpc) is 2.40. The maximum absolute atomic E-state index is 12.0. The van der Waals surface area contributed by atoms with Gasteiger partial charge in [-0.05, 0) is 30.2 Å². The zero-order valence-corrected chi connectivity index (χ0v) is 11.5. The molecule has 0 saturated heterocycles. The Bertz CT molecular complexity index is 640. The molecular formula is C14H16N2O2S. The first-order valence-electron chi connectivity index (χ1n) is 5.98. The van der Waals surface area contributed by atoms with Crippen molar-refractivity contribution in [3.8, 4) is 0 Å². The van der Waals surface area contributed by atoms with Gasteiger partial charge >= 0.3 is 0 Å². The summed E-state index contributed by atoms with van der Waals surface area (Å²) in [6.45, 7) is 2.12. The lowest BCUT2D eigenvalue weighted by molar-refractivity contribution is 0.579. The van der Waals surface area contributed by atoms with Crippen LogP contribution in [0.4, 0.5) is 0 Å². The number of nitrogens with one attached hydrogen (secondary N) is 1. The fourth-order valence-electron chi connectivity index (χ4n) is 1.71. The van der Waals surface area contributed by atoms with E-state index < -0.39 is 10.0 Å².